The van der Waals surface area contributed by atoms with Gasteiger partial charge >= 0.3 is 0 Å². The van der Waals surface area contributed by atoms with Gasteiger partial charge in [0, 0.05) is 33.0 Å². The highest BCUT2D eigenvalue weighted by molar-refractivity contribution is 6.17. The first-order valence-corrected chi connectivity index (χ1v) is 18.4. The van der Waals surface area contributed by atoms with Gasteiger partial charge in [-0.15, -0.1) is 0 Å². The lowest BCUT2D eigenvalue weighted by atomic mass is 9.80. The normalized spacial score (nSPS) is 12.9. The topological polar surface area (TPSA) is 16.4 Å². The zero-order valence-corrected chi connectivity index (χ0v) is 29.8. The fourth-order valence-corrected chi connectivity index (χ4v) is 8.57. The second-order valence-electron chi connectivity index (χ2n) is 14.5. The van der Waals surface area contributed by atoms with Crippen LogP contribution in [0.15, 0.2) is 192 Å². The monoisotopic (exact) mass is 679 g/mol. The van der Waals surface area contributed by atoms with Crippen molar-refractivity contribution in [3.63, 3.8) is 0 Å². The molecule has 0 unspecified atom stereocenters. The molecule has 0 saturated carbocycles. The summed E-state index contributed by atoms with van der Waals surface area (Å²) in [5.74, 6) is 0. The SMILES string of the molecule is CC1(C)c2ccccc2-c2cc3c(oc4c(-c5ccccc5)cccc43)c(N(c3ccccc3)c3ccc(-c4ccccc4)cc3-c3ccccc3)c21. The molecule has 1 aromatic heterocycles. The number of furan rings is 1. The number of hydrogen-bond acceptors (Lipinski definition) is 2. The van der Waals surface area contributed by atoms with Crippen LogP contribution in [0.3, 0.4) is 0 Å². The van der Waals surface area contributed by atoms with Crippen LogP contribution in [0.25, 0.3) is 66.4 Å². The van der Waals surface area contributed by atoms with Crippen LogP contribution in [0.2, 0.25) is 0 Å². The third kappa shape index (κ3) is 4.94. The number of hydrogen-bond donors (Lipinski definition) is 0. The second kappa shape index (κ2) is 12.3. The quantitative estimate of drug-likeness (QED) is 0.174. The fourth-order valence-electron chi connectivity index (χ4n) is 8.57. The Morgan fingerprint density at radius 3 is 1.70 bits per heavy atom. The maximum atomic E-state index is 7.31. The summed E-state index contributed by atoms with van der Waals surface area (Å²) in [5.41, 5.74) is 16.7. The Bertz CT molecular complexity index is 2780. The number of benzene rings is 8. The predicted octanol–water partition coefficient (Wildman–Crippen LogP) is 14.4. The van der Waals surface area contributed by atoms with Crippen LogP contribution < -0.4 is 4.90 Å². The molecule has 2 nitrogen and oxygen atoms in total. The van der Waals surface area contributed by atoms with Gasteiger partial charge in [0.15, 0.2) is 5.58 Å². The smallest absolute Gasteiger partial charge is 0.159 e. The molecule has 0 fully saturated rings. The predicted molar refractivity (Wildman–Crippen MR) is 222 cm³/mol. The van der Waals surface area contributed by atoms with Crippen molar-refractivity contribution in [2.24, 2.45) is 0 Å². The van der Waals surface area contributed by atoms with Crippen LogP contribution in [0.4, 0.5) is 17.1 Å². The minimum atomic E-state index is -0.305. The van der Waals surface area contributed by atoms with E-state index in [1.807, 2.05) is 0 Å². The Kier molecular flexibility index (Phi) is 7.19. The van der Waals surface area contributed by atoms with E-state index < -0.39 is 0 Å². The summed E-state index contributed by atoms with van der Waals surface area (Å²) >= 11 is 0. The van der Waals surface area contributed by atoms with Gasteiger partial charge in [-0.25, -0.2) is 0 Å². The first kappa shape index (κ1) is 31.1. The van der Waals surface area contributed by atoms with Gasteiger partial charge in [-0.05, 0) is 74.8 Å². The first-order chi connectivity index (χ1) is 26.1. The molecule has 0 atom stereocenters. The van der Waals surface area contributed by atoms with Gasteiger partial charge < -0.3 is 9.32 Å². The van der Waals surface area contributed by atoms with Crippen molar-refractivity contribution in [2.45, 2.75) is 19.3 Å². The summed E-state index contributed by atoms with van der Waals surface area (Å²) < 4.78 is 7.31. The first-order valence-electron chi connectivity index (χ1n) is 18.4. The largest absolute Gasteiger partial charge is 0.453 e. The zero-order chi connectivity index (χ0) is 35.5. The molecule has 53 heavy (non-hydrogen) atoms. The Hall–Kier alpha value is -6.64. The summed E-state index contributed by atoms with van der Waals surface area (Å²) in [5, 5.41) is 2.23. The number of para-hydroxylation sites is 2. The highest BCUT2D eigenvalue weighted by atomic mass is 16.3. The highest BCUT2D eigenvalue weighted by Crippen LogP contribution is 2.58. The summed E-state index contributed by atoms with van der Waals surface area (Å²) in [4.78, 5) is 2.47. The average molecular weight is 680 g/mol. The maximum Gasteiger partial charge on any atom is 0.159 e. The molecular weight excluding hydrogens is 643 g/mol. The standard InChI is InChI=1S/C51H37NO/c1-51(2)45-29-16-15-26-40(45)43-33-44-41-28-17-27-39(35-20-9-4-10-21-35)49(41)53-50(44)48(47(43)51)52(38-24-13-6-14-25-38)46-31-30-37(34-18-7-3-8-19-34)32-42(46)36-22-11-5-12-23-36/h3-33H,1-2H3. The lowest BCUT2D eigenvalue weighted by Crippen LogP contribution is -2.21. The molecule has 9 aromatic rings. The summed E-state index contributed by atoms with van der Waals surface area (Å²) in [6, 6.07) is 67.6. The Morgan fingerprint density at radius 2 is 1.00 bits per heavy atom. The van der Waals surface area contributed by atoms with E-state index in [2.05, 4.69) is 207 Å². The van der Waals surface area contributed by atoms with Crippen molar-refractivity contribution in [3.05, 3.63) is 199 Å². The minimum Gasteiger partial charge on any atom is -0.453 e. The Morgan fingerprint density at radius 1 is 0.415 bits per heavy atom. The van der Waals surface area contributed by atoms with Gasteiger partial charge in [0.1, 0.15) is 5.58 Å². The molecule has 2 heteroatoms. The second-order valence-corrected chi connectivity index (χ2v) is 14.5. The molecule has 1 heterocycles. The lowest BCUT2D eigenvalue weighted by Gasteiger charge is -2.33. The number of rotatable bonds is 6. The third-order valence-electron chi connectivity index (χ3n) is 11.0. The van der Waals surface area contributed by atoms with Crippen LogP contribution in [-0.4, -0.2) is 0 Å². The Balaban J connectivity index is 1.36. The molecule has 8 aromatic carbocycles. The van der Waals surface area contributed by atoms with E-state index >= 15 is 0 Å². The van der Waals surface area contributed by atoms with E-state index in [0.717, 1.165) is 61.3 Å². The van der Waals surface area contributed by atoms with Crippen LogP contribution in [0.1, 0.15) is 25.0 Å². The lowest BCUT2D eigenvalue weighted by molar-refractivity contribution is 0.648. The molecule has 0 radical (unpaired) electrons. The Labute approximate surface area is 310 Å². The molecule has 252 valence electrons. The van der Waals surface area contributed by atoms with Gasteiger partial charge in [-0.3, -0.25) is 0 Å². The number of anilines is 3. The summed E-state index contributed by atoms with van der Waals surface area (Å²) in [6.45, 7) is 4.73. The van der Waals surface area contributed by atoms with Crippen LogP contribution in [0, 0.1) is 0 Å². The molecular formula is C51H37NO. The number of fused-ring (bicyclic) bond motifs is 6. The van der Waals surface area contributed by atoms with Crippen molar-refractivity contribution >= 4 is 39.0 Å². The van der Waals surface area contributed by atoms with E-state index in [4.69, 9.17) is 4.42 Å². The molecule has 0 N–H and O–H groups in total. The molecule has 0 spiro atoms. The zero-order valence-electron chi connectivity index (χ0n) is 29.8. The molecule has 0 amide bonds. The average Bonchev–Trinajstić information content (AvgIpc) is 3.71. The van der Waals surface area contributed by atoms with Gasteiger partial charge in [0.05, 0.1) is 11.4 Å². The molecule has 0 saturated heterocycles. The van der Waals surface area contributed by atoms with Crippen LogP contribution >= 0.6 is 0 Å². The van der Waals surface area contributed by atoms with Crippen LogP contribution in [-0.2, 0) is 5.41 Å². The minimum absolute atomic E-state index is 0.305. The van der Waals surface area contributed by atoms with E-state index in [1.54, 1.807) is 0 Å². The van der Waals surface area contributed by atoms with Crippen molar-refractivity contribution in [2.75, 3.05) is 4.90 Å². The molecule has 1 aliphatic rings. The fraction of sp³-hybridized carbons (Fsp3) is 0.0588. The van der Waals surface area contributed by atoms with Gasteiger partial charge in [-0.2, -0.15) is 0 Å². The number of nitrogens with zero attached hydrogens (tertiary/aromatic N) is 1. The van der Waals surface area contributed by atoms with E-state index in [9.17, 15) is 0 Å². The van der Waals surface area contributed by atoms with Crippen molar-refractivity contribution in [1.29, 1.82) is 0 Å². The third-order valence-corrected chi connectivity index (χ3v) is 11.0. The van der Waals surface area contributed by atoms with E-state index in [1.165, 1.54) is 33.4 Å². The van der Waals surface area contributed by atoms with E-state index in [-0.39, 0.29) is 5.41 Å². The summed E-state index contributed by atoms with van der Waals surface area (Å²) in [6.07, 6.45) is 0. The molecule has 10 rings (SSSR count). The van der Waals surface area contributed by atoms with Crippen LogP contribution in [0.5, 0.6) is 0 Å². The van der Waals surface area contributed by atoms with E-state index in [0.29, 0.717) is 0 Å². The molecule has 1 aliphatic carbocycles. The molecule has 0 bridgehead atoms. The van der Waals surface area contributed by atoms with Gasteiger partial charge in [-0.1, -0.05) is 172 Å². The van der Waals surface area contributed by atoms with Crippen molar-refractivity contribution in [1.82, 2.24) is 0 Å². The maximum absolute atomic E-state index is 7.31. The van der Waals surface area contributed by atoms with Crippen molar-refractivity contribution < 1.29 is 4.42 Å². The summed E-state index contributed by atoms with van der Waals surface area (Å²) in [7, 11) is 0. The molecule has 0 aliphatic heterocycles. The highest BCUT2D eigenvalue weighted by Gasteiger charge is 2.41. The van der Waals surface area contributed by atoms with Crippen molar-refractivity contribution in [3.8, 4) is 44.5 Å². The van der Waals surface area contributed by atoms with Gasteiger partial charge in [0.25, 0.3) is 0 Å². The van der Waals surface area contributed by atoms with Gasteiger partial charge in [0.2, 0.25) is 0 Å².